The monoisotopic (exact) mass is 246 g/mol. The van der Waals surface area contributed by atoms with Gasteiger partial charge in [-0.25, -0.2) is 4.39 Å². The second kappa shape index (κ2) is 5.99. The summed E-state index contributed by atoms with van der Waals surface area (Å²) in [5, 5.41) is 0. The zero-order valence-electron chi connectivity index (χ0n) is 10.7. The van der Waals surface area contributed by atoms with Gasteiger partial charge in [-0.05, 0) is 44.0 Å². The molecule has 2 N–H and O–H groups in total. The van der Waals surface area contributed by atoms with E-state index in [1.807, 2.05) is 6.07 Å². The molecule has 1 fully saturated rings. The van der Waals surface area contributed by atoms with Crippen LogP contribution in [-0.2, 0) is 6.54 Å². The molecule has 3 heteroatoms. The lowest BCUT2D eigenvalue weighted by Crippen LogP contribution is -2.26. The molecule has 0 spiro atoms. The molecular formula is C15H19FN2. The summed E-state index contributed by atoms with van der Waals surface area (Å²) < 4.78 is 13.3. The summed E-state index contributed by atoms with van der Waals surface area (Å²) in [4.78, 5) is 2.42. The van der Waals surface area contributed by atoms with Crippen molar-refractivity contribution in [2.75, 3.05) is 13.1 Å². The molecule has 2 nitrogen and oxygen atoms in total. The maximum atomic E-state index is 13.3. The fourth-order valence-electron chi connectivity index (χ4n) is 2.40. The second-order valence-electron chi connectivity index (χ2n) is 4.77. The van der Waals surface area contributed by atoms with E-state index in [9.17, 15) is 4.39 Å². The molecule has 1 unspecified atom stereocenters. The summed E-state index contributed by atoms with van der Waals surface area (Å²) in [6.45, 7) is 4.50. The van der Waals surface area contributed by atoms with E-state index in [2.05, 4.69) is 23.7 Å². The van der Waals surface area contributed by atoms with Crippen molar-refractivity contribution in [2.24, 2.45) is 5.73 Å². The first-order chi connectivity index (χ1) is 8.70. The van der Waals surface area contributed by atoms with Crippen molar-refractivity contribution in [3.63, 3.8) is 0 Å². The Morgan fingerprint density at radius 1 is 1.50 bits per heavy atom. The number of rotatable bonds is 2. The van der Waals surface area contributed by atoms with Crippen LogP contribution in [0.15, 0.2) is 18.2 Å². The predicted molar refractivity (Wildman–Crippen MR) is 71.4 cm³/mol. The molecule has 96 valence electrons. The molecule has 1 aromatic carbocycles. The first-order valence-corrected chi connectivity index (χ1v) is 6.42. The number of hydrogen-bond acceptors (Lipinski definition) is 2. The summed E-state index contributed by atoms with van der Waals surface area (Å²) in [6.07, 6.45) is 2.48. The van der Waals surface area contributed by atoms with Crippen molar-refractivity contribution in [1.82, 2.24) is 4.90 Å². The van der Waals surface area contributed by atoms with Crippen LogP contribution in [0.4, 0.5) is 4.39 Å². The van der Waals surface area contributed by atoms with Crippen LogP contribution in [0.25, 0.3) is 0 Å². The molecule has 1 aromatic rings. The summed E-state index contributed by atoms with van der Waals surface area (Å²) >= 11 is 0. The summed E-state index contributed by atoms with van der Waals surface area (Å²) in [5.74, 6) is 5.52. The lowest BCUT2D eigenvalue weighted by molar-refractivity contribution is 0.260. The minimum absolute atomic E-state index is 0.241. The molecule has 1 aliphatic rings. The van der Waals surface area contributed by atoms with E-state index in [0.717, 1.165) is 24.2 Å². The molecule has 0 aliphatic carbocycles. The first-order valence-electron chi connectivity index (χ1n) is 6.42. The maximum absolute atomic E-state index is 13.3. The van der Waals surface area contributed by atoms with Crippen LogP contribution < -0.4 is 5.73 Å². The van der Waals surface area contributed by atoms with Crippen LogP contribution in [0, 0.1) is 17.7 Å². The van der Waals surface area contributed by atoms with Crippen molar-refractivity contribution in [3.05, 3.63) is 35.1 Å². The molecule has 18 heavy (non-hydrogen) atoms. The Balaban J connectivity index is 2.20. The number of hydrogen-bond donors (Lipinski definition) is 1. The smallest absolute Gasteiger partial charge is 0.124 e. The van der Waals surface area contributed by atoms with Crippen LogP contribution in [0.5, 0.6) is 0 Å². The Kier molecular flexibility index (Phi) is 4.35. The quantitative estimate of drug-likeness (QED) is 0.810. The number of nitrogens with two attached hydrogens (primary N) is 1. The fourth-order valence-corrected chi connectivity index (χ4v) is 2.40. The zero-order valence-corrected chi connectivity index (χ0v) is 10.7. The van der Waals surface area contributed by atoms with Crippen molar-refractivity contribution in [2.45, 2.75) is 32.4 Å². The molecule has 1 saturated heterocycles. The van der Waals surface area contributed by atoms with Gasteiger partial charge < -0.3 is 5.73 Å². The van der Waals surface area contributed by atoms with Crippen molar-refractivity contribution in [1.29, 1.82) is 0 Å². The maximum Gasteiger partial charge on any atom is 0.124 e. The van der Waals surface area contributed by atoms with Gasteiger partial charge in [0.25, 0.3) is 0 Å². The normalized spacial score (nSPS) is 19.6. The minimum atomic E-state index is -0.241. The van der Waals surface area contributed by atoms with Gasteiger partial charge in [0.15, 0.2) is 0 Å². The van der Waals surface area contributed by atoms with Crippen LogP contribution in [0.2, 0.25) is 0 Å². The number of nitrogens with zero attached hydrogens (tertiary/aromatic N) is 1. The van der Waals surface area contributed by atoms with Gasteiger partial charge in [-0.2, -0.15) is 0 Å². The molecule has 1 heterocycles. The highest BCUT2D eigenvalue weighted by Gasteiger charge is 2.20. The zero-order chi connectivity index (χ0) is 13.0. The van der Waals surface area contributed by atoms with Crippen LogP contribution in [0.1, 0.15) is 30.9 Å². The SMILES string of the molecule is CC1CCCN1Cc1ccc(F)cc1C#CCN. The van der Waals surface area contributed by atoms with Gasteiger partial charge in [0.05, 0.1) is 6.54 Å². The molecule has 0 amide bonds. The van der Waals surface area contributed by atoms with Gasteiger partial charge in [-0.1, -0.05) is 17.9 Å². The van der Waals surface area contributed by atoms with Crippen LogP contribution in [0.3, 0.4) is 0 Å². The average molecular weight is 246 g/mol. The van der Waals surface area contributed by atoms with E-state index < -0.39 is 0 Å². The molecule has 0 saturated carbocycles. The average Bonchev–Trinajstić information content (AvgIpc) is 2.75. The number of halogens is 1. The van der Waals surface area contributed by atoms with E-state index in [4.69, 9.17) is 5.73 Å². The van der Waals surface area contributed by atoms with Crippen LogP contribution >= 0.6 is 0 Å². The van der Waals surface area contributed by atoms with Gasteiger partial charge in [0.2, 0.25) is 0 Å². The highest BCUT2D eigenvalue weighted by atomic mass is 19.1. The van der Waals surface area contributed by atoms with Crippen molar-refractivity contribution >= 4 is 0 Å². The van der Waals surface area contributed by atoms with E-state index >= 15 is 0 Å². The van der Waals surface area contributed by atoms with Crippen molar-refractivity contribution in [3.8, 4) is 11.8 Å². The third-order valence-electron chi connectivity index (χ3n) is 3.46. The Bertz CT molecular complexity index is 473. The second-order valence-corrected chi connectivity index (χ2v) is 4.77. The minimum Gasteiger partial charge on any atom is -0.320 e. The number of likely N-dealkylation sites (tertiary alicyclic amines) is 1. The molecule has 2 rings (SSSR count). The van der Waals surface area contributed by atoms with Crippen LogP contribution in [-0.4, -0.2) is 24.0 Å². The number of benzene rings is 1. The Morgan fingerprint density at radius 2 is 2.33 bits per heavy atom. The van der Waals surface area contributed by atoms with Gasteiger partial charge >= 0.3 is 0 Å². The molecule has 0 bridgehead atoms. The van der Waals surface area contributed by atoms with E-state index in [1.165, 1.54) is 25.0 Å². The fraction of sp³-hybridized carbons (Fsp3) is 0.467. The highest BCUT2D eigenvalue weighted by molar-refractivity contribution is 5.42. The topological polar surface area (TPSA) is 29.3 Å². The summed E-state index contributed by atoms with van der Waals surface area (Å²) in [7, 11) is 0. The van der Waals surface area contributed by atoms with E-state index in [1.54, 1.807) is 0 Å². The van der Waals surface area contributed by atoms with E-state index in [-0.39, 0.29) is 5.82 Å². The Morgan fingerprint density at radius 3 is 3.00 bits per heavy atom. The van der Waals surface area contributed by atoms with Crippen molar-refractivity contribution < 1.29 is 4.39 Å². The largest absolute Gasteiger partial charge is 0.320 e. The molecule has 1 aliphatic heterocycles. The third kappa shape index (κ3) is 3.10. The standard InChI is InChI=1S/C15H19FN2/c1-12-4-3-9-18(12)11-14-6-7-15(16)10-13(14)5-2-8-17/h6-7,10,12H,3-4,8-9,11,17H2,1H3. The van der Waals surface area contributed by atoms with E-state index in [0.29, 0.717) is 12.6 Å². The first kappa shape index (κ1) is 13.1. The lowest BCUT2D eigenvalue weighted by atomic mass is 10.1. The Labute approximate surface area is 108 Å². The van der Waals surface area contributed by atoms with Gasteiger partial charge in [0, 0.05) is 18.2 Å². The third-order valence-corrected chi connectivity index (χ3v) is 3.46. The Hall–Kier alpha value is -1.37. The predicted octanol–water partition coefficient (Wildman–Crippen LogP) is 2.12. The molecule has 1 atom stereocenters. The molecular weight excluding hydrogens is 227 g/mol. The highest BCUT2D eigenvalue weighted by Crippen LogP contribution is 2.21. The molecule has 0 radical (unpaired) electrons. The van der Waals surface area contributed by atoms with Gasteiger partial charge in [-0.15, -0.1) is 0 Å². The van der Waals surface area contributed by atoms with Gasteiger partial charge in [-0.3, -0.25) is 4.90 Å². The summed E-state index contributed by atoms with van der Waals surface area (Å²) in [5.41, 5.74) is 7.22. The summed E-state index contributed by atoms with van der Waals surface area (Å²) in [6, 6.07) is 5.44. The van der Waals surface area contributed by atoms with Gasteiger partial charge in [0.1, 0.15) is 5.82 Å². The molecule has 0 aromatic heterocycles. The lowest BCUT2D eigenvalue weighted by Gasteiger charge is -2.21.